The molecule has 0 saturated heterocycles. The van der Waals surface area contributed by atoms with Crippen molar-refractivity contribution >= 4 is 12.0 Å². The first-order valence-corrected chi connectivity index (χ1v) is 2.54. The Bertz CT molecular complexity index is 152. The van der Waals surface area contributed by atoms with Crippen LogP contribution < -0.4 is 51.4 Å². The van der Waals surface area contributed by atoms with Gasteiger partial charge in [0.05, 0.1) is 12.0 Å². The Balaban J connectivity index is 0. The van der Waals surface area contributed by atoms with Crippen LogP contribution in [0.25, 0.3) is 0 Å². The minimum Gasteiger partial charge on any atom is -0.548 e. The van der Waals surface area contributed by atoms with Gasteiger partial charge in [0, 0.05) is 6.54 Å². The normalized spacial score (nSPS) is 11.0. The molecule has 0 aliphatic rings. The van der Waals surface area contributed by atoms with Gasteiger partial charge in [0.25, 0.3) is 0 Å². The zero-order chi connectivity index (χ0) is 8.15. The van der Waals surface area contributed by atoms with E-state index in [0.29, 0.717) is 0 Å². The molecule has 7 heteroatoms. The molecule has 1 atom stereocenters. The van der Waals surface area contributed by atoms with Crippen LogP contribution in [0.3, 0.4) is 0 Å². The number of aliphatic carboxylic acids is 1. The van der Waals surface area contributed by atoms with Crippen LogP contribution in [0.2, 0.25) is 0 Å². The molecule has 0 aromatic heterocycles. The van der Waals surface area contributed by atoms with E-state index in [0.717, 1.165) is 0 Å². The summed E-state index contributed by atoms with van der Waals surface area (Å²) >= 11 is 0. The second-order valence-corrected chi connectivity index (χ2v) is 1.62. The molecule has 6 nitrogen and oxygen atoms in total. The fourth-order valence-electron chi connectivity index (χ4n) is 0.386. The molecule has 0 bridgehead atoms. The van der Waals surface area contributed by atoms with Gasteiger partial charge in [-0.2, -0.15) is 0 Å². The van der Waals surface area contributed by atoms with Gasteiger partial charge in [-0.15, -0.1) is 0 Å². The van der Waals surface area contributed by atoms with E-state index >= 15 is 0 Å². The number of carboxylic acids is 1. The van der Waals surface area contributed by atoms with E-state index in [-0.39, 0.29) is 36.1 Å². The minimum atomic E-state index is -1.44. The van der Waals surface area contributed by atoms with Gasteiger partial charge >= 0.3 is 35.6 Å². The number of hydrogen-bond donors (Lipinski definition) is 3. The van der Waals surface area contributed by atoms with Crippen molar-refractivity contribution in [1.29, 1.82) is 0 Å². The van der Waals surface area contributed by atoms with Crippen molar-refractivity contribution < 1.29 is 44.3 Å². The first kappa shape index (κ1) is 13.3. The molecule has 0 aromatic rings. The minimum absolute atomic E-state index is 0. The topological polar surface area (TPSA) is 121 Å². The molecule has 0 aromatic carbocycles. The van der Waals surface area contributed by atoms with Crippen LogP contribution in [0.15, 0.2) is 0 Å². The summed E-state index contributed by atoms with van der Waals surface area (Å²) in [5, 5.41) is 11.9. The van der Waals surface area contributed by atoms with E-state index in [1.807, 2.05) is 5.32 Å². The maximum Gasteiger partial charge on any atom is 1.00 e. The van der Waals surface area contributed by atoms with Gasteiger partial charge < -0.3 is 26.7 Å². The van der Waals surface area contributed by atoms with Crippen molar-refractivity contribution in [2.24, 2.45) is 11.5 Å². The molecule has 0 fully saturated rings. The number of rotatable bonds is 3. The first-order valence-electron chi connectivity index (χ1n) is 2.54. The van der Waals surface area contributed by atoms with Crippen LogP contribution in [0.5, 0.6) is 0 Å². The smallest absolute Gasteiger partial charge is 0.548 e. The summed E-state index contributed by atoms with van der Waals surface area (Å²) < 4.78 is 0. The molecular weight excluding hydrogens is 161 g/mol. The monoisotopic (exact) mass is 169 g/mol. The van der Waals surface area contributed by atoms with Crippen molar-refractivity contribution in [2.45, 2.75) is 6.04 Å². The van der Waals surface area contributed by atoms with Gasteiger partial charge in [0.2, 0.25) is 0 Å². The SMILES string of the molecule is NC[C@@H](NC(N)=O)C(=O)[O-].[Na+]. The number of primary amides is 1. The van der Waals surface area contributed by atoms with E-state index in [1.54, 1.807) is 0 Å². The Kier molecular flexibility index (Phi) is 7.75. The van der Waals surface area contributed by atoms with Gasteiger partial charge in [-0.3, -0.25) is 0 Å². The predicted molar refractivity (Wildman–Crippen MR) is 30.6 cm³/mol. The Morgan fingerprint density at radius 2 is 2.00 bits per heavy atom. The number of urea groups is 1. The number of carbonyl (C=O) groups excluding carboxylic acids is 2. The van der Waals surface area contributed by atoms with Crippen LogP contribution in [0, 0.1) is 0 Å². The third-order valence-corrected chi connectivity index (χ3v) is 0.837. The zero-order valence-electron chi connectivity index (χ0n) is 6.16. The molecule has 0 heterocycles. The van der Waals surface area contributed by atoms with Crippen LogP contribution in [-0.4, -0.2) is 24.6 Å². The second kappa shape index (κ2) is 6.41. The van der Waals surface area contributed by atoms with E-state index in [4.69, 9.17) is 5.73 Å². The Labute approximate surface area is 85.6 Å². The van der Waals surface area contributed by atoms with Gasteiger partial charge in [-0.25, -0.2) is 4.79 Å². The number of nitrogens with two attached hydrogens (primary N) is 2. The Morgan fingerprint density at radius 1 is 1.55 bits per heavy atom. The Morgan fingerprint density at radius 3 is 2.09 bits per heavy atom. The van der Waals surface area contributed by atoms with Crippen LogP contribution >= 0.6 is 0 Å². The summed E-state index contributed by atoms with van der Waals surface area (Å²) in [4.78, 5) is 20.0. The van der Waals surface area contributed by atoms with Crippen molar-refractivity contribution in [1.82, 2.24) is 5.32 Å². The Hall–Kier alpha value is -0.300. The van der Waals surface area contributed by atoms with Crippen molar-refractivity contribution in [2.75, 3.05) is 6.54 Å². The summed E-state index contributed by atoms with van der Waals surface area (Å²) in [5.41, 5.74) is 9.54. The van der Waals surface area contributed by atoms with Gasteiger partial charge in [-0.05, 0) is 0 Å². The quantitative estimate of drug-likeness (QED) is 0.364. The fourth-order valence-corrected chi connectivity index (χ4v) is 0.386. The van der Waals surface area contributed by atoms with E-state index in [2.05, 4.69) is 5.73 Å². The predicted octanol–water partition coefficient (Wildman–Crippen LogP) is -6.26. The average molecular weight is 169 g/mol. The van der Waals surface area contributed by atoms with E-state index in [9.17, 15) is 14.7 Å². The number of amides is 2. The molecule has 58 valence electrons. The molecule has 0 spiro atoms. The molecule has 0 unspecified atom stereocenters. The van der Waals surface area contributed by atoms with Gasteiger partial charge in [0.1, 0.15) is 0 Å². The van der Waals surface area contributed by atoms with Crippen molar-refractivity contribution in [3.05, 3.63) is 0 Å². The maximum atomic E-state index is 10.0. The van der Waals surface area contributed by atoms with Crippen LogP contribution in [0.4, 0.5) is 4.79 Å². The fraction of sp³-hybridized carbons (Fsp3) is 0.500. The van der Waals surface area contributed by atoms with Gasteiger partial charge in [-0.1, -0.05) is 0 Å². The van der Waals surface area contributed by atoms with Crippen LogP contribution in [0.1, 0.15) is 0 Å². The number of carbonyl (C=O) groups is 2. The molecule has 2 amide bonds. The molecule has 5 N–H and O–H groups in total. The van der Waals surface area contributed by atoms with E-state index in [1.165, 1.54) is 0 Å². The average Bonchev–Trinajstić information content (AvgIpc) is 1.81. The van der Waals surface area contributed by atoms with Crippen LogP contribution in [-0.2, 0) is 4.79 Å². The largest absolute Gasteiger partial charge is 1.00 e. The summed E-state index contributed by atoms with van der Waals surface area (Å²) in [5.74, 6) is -1.44. The molecule has 0 rings (SSSR count). The standard InChI is InChI=1S/C4H9N3O3.Na/c5-1-2(3(8)9)7-4(6)10;/h2H,1,5H2,(H,8,9)(H3,6,7,10);/q;+1/p-1/t2-;/m1./s1. The molecule has 0 saturated carbocycles. The molecular formula is C4H8N3NaO3. The molecule has 0 aliphatic heterocycles. The number of carboxylic acid groups (broad SMARTS) is 1. The number of nitrogens with one attached hydrogen (secondary N) is 1. The molecule has 0 radical (unpaired) electrons. The molecule has 11 heavy (non-hydrogen) atoms. The summed E-state index contributed by atoms with van der Waals surface area (Å²) in [6, 6.07) is -2.13. The van der Waals surface area contributed by atoms with Crippen molar-refractivity contribution in [3.63, 3.8) is 0 Å². The third-order valence-electron chi connectivity index (χ3n) is 0.837. The van der Waals surface area contributed by atoms with E-state index < -0.39 is 18.0 Å². The second-order valence-electron chi connectivity index (χ2n) is 1.62. The van der Waals surface area contributed by atoms with Crippen molar-refractivity contribution in [3.8, 4) is 0 Å². The zero-order valence-corrected chi connectivity index (χ0v) is 8.16. The third kappa shape index (κ3) is 6.11. The summed E-state index contributed by atoms with van der Waals surface area (Å²) in [7, 11) is 0. The van der Waals surface area contributed by atoms with Gasteiger partial charge in [0.15, 0.2) is 0 Å². The maximum absolute atomic E-state index is 10.0. The number of hydrogen-bond acceptors (Lipinski definition) is 4. The summed E-state index contributed by atoms with van der Waals surface area (Å²) in [6.07, 6.45) is 0. The summed E-state index contributed by atoms with van der Waals surface area (Å²) in [6.45, 7) is -0.231. The molecule has 0 aliphatic carbocycles. The first-order chi connectivity index (χ1) is 4.57.